The molecule has 0 spiro atoms. The number of fused-ring (bicyclic) bond motifs is 1. The number of rotatable bonds is 1. The van der Waals surface area contributed by atoms with Crippen molar-refractivity contribution in [1.82, 2.24) is 10.2 Å². The Balaban J connectivity index is 1.90. The average molecular weight is 234 g/mol. The van der Waals surface area contributed by atoms with Gasteiger partial charge in [0.05, 0.1) is 6.26 Å². The third kappa shape index (κ3) is 1.91. The minimum Gasteiger partial charge on any atom is -0.469 e. The van der Waals surface area contributed by atoms with Crippen LogP contribution in [-0.2, 0) is 6.42 Å². The lowest BCUT2D eigenvalue weighted by atomic mass is 9.87. The number of nitrogens with one attached hydrogen (secondary N) is 1. The van der Waals surface area contributed by atoms with Crippen molar-refractivity contribution < 1.29 is 4.42 Å². The first-order valence-electron chi connectivity index (χ1n) is 6.72. The van der Waals surface area contributed by atoms with E-state index in [9.17, 15) is 0 Å². The molecular weight excluding hydrogens is 212 g/mol. The van der Waals surface area contributed by atoms with Gasteiger partial charge in [-0.25, -0.2) is 0 Å². The maximum atomic E-state index is 5.60. The monoisotopic (exact) mass is 234 g/mol. The Morgan fingerprint density at radius 3 is 3.18 bits per heavy atom. The predicted octanol–water partition coefficient (Wildman–Crippen LogP) is 2.34. The van der Waals surface area contributed by atoms with Crippen LogP contribution in [0.25, 0.3) is 0 Å². The quantitative estimate of drug-likeness (QED) is 0.808. The molecule has 0 radical (unpaired) electrons. The summed E-state index contributed by atoms with van der Waals surface area (Å²) in [6.07, 6.45) is 5.50. The zero-order valence-electron chi connectivity index (χ0n) is 10.8. The van der Waals surface area contributed by atoms with E-state index in [4.69, 9.17) is 4.42 Å². The van der Waals surface area contributed by atoms with Crippen LogP contribution in [0, 0.1) is 0 Å². The summed E-state index contributed by atoms with van der Waals surface area (Å²) in [7, 11) is 0. The van der Waals surface area contributed by atoms with E-state index in [2.05, 4.69) is 30.1 Å². The number of hydrogen-bond acceptors (Lipinski definition) is 3. The van der Waals surface area contributed by atoms with Crippen LogP contribution < -0.4 is 5.32 Å². The molecule has 1 aliphatic carbocycles. The number of nitrogens with zero attached hydrogens (tertiary/aromatic N) is 1. The van der Waals surface area contributed by atoms with E-state index in [0.29, 0.717) is 6.04 Å². The molecule has 1 atom stereocenters. The fraction of sp³-hybridized carbons (Fsp3) is 0.714. The summed E-state index contributed by atoms with van der Waals surface area (Å²) in [6.45, 7) is 8.01. The van der Waals surface area contributed by atoms with Crippen LogP contribution in [0.3, 0.4) is 0 Å². The topological polar surface area (TPSA) is 28.4 Å². The van der Waals surface area contributed by atoms with Crippen LogP contribution in [0.5, 0.6) is 0 Å². The van der Waals surface area contributed by atoms with E-state index < -0.39 is 0 Å². The summed E-state index contributed by atoms with van der Waals surface area (Å²) in [5, 5.41) is 3.50. The predicted molar refractivity (Wildman–Crippen MR) is 68.0 cm³/mol. The molecule has 1 aliphatic heterocycles. The molecule has 3 nitrogen and oxygen atoms in total. The standard InChI is InChI=1S/C14H22N2O/c1-14(2)10-15-7-8-16(14)12-4-3-5-13-11(12)6-9-17-13/h6,9,12,15H,3-5,7-8,10H2,1-2H3. The Labute approximate surface area is 103 Å². The molecule has 0 bridgehead atoms. The first-order chi connectivity index (χ1) is 8.18. The van der Waals surface area contributed by atoms with Crippen molar-refractivity contribution in [3.8, 4) is 0 Å². The second-order valence-electron chi connectivity index (χ2n) is 5.89. The fourth-order valence-corrected chi connectivity index (χ4v) is 3.36. The molecule has 2 heterocycles. The molecule has 3 heteroatoms. The van der Waals surface area contributed by atoms with Crippen LogP contribution in [0.4, 0.5) is 0 Å². The van der Waals surface area contributed by atoms with E-state index in [-0.39, 0.29) is 5.54 Å². The van der Waals surface area contributed by atoms with Crippen molar-refractivity contribution in [2.24, 2.45) is 0 Å². The first kappa shape index (κ1) is 11.3. The maximum absolute atomic E-state index is 5.60. The third-order valence-corrected chi connectivity index (χ3v) is 4.26. The van der Waals surface area contributed by atoms with Crippen LogP contribution in [0.2, 0.25) is 0 Å². The molecule has 0 amide bonds. The van der Waals surface area contributed by atoms with Crippen molar-refractivity contribution in [3.05, 3.63) is 23.7 Å². The van der Waals surface area contributed by atoms with Gasteiger partial charge in [-0.3, -0.25) is 4.90 Å². The highest BCUT2D eigenvalue weighted by atomic mass is 16.3. The number of furan rings is 1. The highest BCUT2D eigenvalue weighted by Crippen LogP contribution is 2.38. The molecule has 17 heavy (non-hydrogen) atoms. The summed E-state index contributed by atoms with van der Waals surface area (Å²) < 4.78 is 5.60. The average Bonchev–Trinajstić information content (AvgIpc) is 2.76. The number of piperazine rings is 1. The van der Waals surface area contributed by atoms with E-state index in [0.717, 1.165) is 26.1 Å². The van der Waals surface area contributed by atoms with E-state index >= 15 is 0 Å². The molecule has 0 saturated carbocycles. The molecule has 1 fully saturated rings. The lowest BCUT2D eigenvalue weighted by Crippen LogP contribution is -2.59. The van der Waals surface area contributed by atoms with E-state index in [1.165, 1.54) is 24.2 Å². The highest BCUT2D eigenvalue weighted by molar-refractivity contribution is 5.25. The zero-order valence-corrected chi connectivity index (χ0v) is 10.8. The summed E-state index contributed by atoms with van der Waals surface area (Å²) >= 11 is 0. The molecule has 1 aromatic heterocycles. The maximum Gasteiger partial charge on any atom is 0.108 e. The Bertz CT molecular complexity index is 397. The van der Waals surface area contributed by atoms with Gasteiger partial charge < -0.3 is 9.73 Å². The summed E-state index contributed by atoms with van der Waals surface area (Å²) in [6, 6.07) is 2.74. The van der Waals surface area contributed by atoms with E-state index in [1.54, 1.807) is 0 Å². The summed E-state index contributed by atoms with van der Waals surface area (Å²) in [5.41, 5.74) is 1.68. The van der Waals surface area contributed by atoms with Crippen molar-refractivity contribution in [2.75, 3.05) is 19.6 Å². The second kappa shape index (κ2) is 4.14. The lowest BCUT2D eigenvalue weighted by molar-refractivity contribution is 0.0355. The van der Waals surface area contributed by atoms with Gasteiger partial charge in [-0.15, -0.1) is 0 Å². The van der Waals surface area contributed by atoms with Crippen LogP contribution >= 0.6 is 0 Å². The Morgan fingerprint density at radius 1 is 1.47 bits per heavy atom. The zero-order chi connectivity index (χ0) is 11.9. The molecule has 3 rings (SSSR count). The highest BCUT2D eigenvalue weighted by Gasteiger charge is 2.37. The van der Waals surface area contributed by atoms with Crippen molar-refractivity contribution in [3.63, 3.8) is 0 Å². The van der Waals surface area contributed by atoms with Crippen molar-refractivity contribution in [2.45, 2.75) is 44.7 Å². The van der Waals surface area contributed by atoms with Gasteiger partial charge in [0.2, 0.25) is 0 Å². The van der Waals surface area contributed by atoms with Gasteiger partial charge in [0, 0.05) is 43.2 Å². The van der Waals surface area contributed by atoms with Crippen molar-refractivity contribution >= 4 is 0 Å². The SMILES string of the molecule is CC1(C)CNCCN1C1CCCc2occc21. The molecule has 1 N–H and O–H groups in total. The number of aryl methyl sites for hydroxylation is 1. The minimum absolute atomic E-state index is 0.245. The van der Waals surface area contributed by atoms with Crippen LogP contribution in [0.15, 0.2) is 16.7 Å². The van der Waals surface area contributed by atoms with Crippen LogP contribution in [0.1, 0.15) is 44.1 Å². The molecular formula is C14H22N2O. The van der Waals surface area contributed by atoms with Gasteiger partial charge in [0.25, 0.3) is 0 Å². The van der Waals surface area contributed by atoms with Crippen molar-refractivity contribution in [1.29, 1.82) is 0 Å². The molecule has 94 valence electrons. The minimum atomic E-state index is 0.245. The summed E-state index contributed by atoms with van der Waals surface area (Å²) in [4.78, 5) is 2.66. The Morgan fingerprint density at radius 2 is 2.35 bits per heavy atom. The van der Waals surface area contributed by atoms with Gasteiger partial charge in [-0.1, -0.05) is 0 Å². The van der Waals surface area contributed by atoms with Gasteiger partial charge in [-0.2, -0.15) is 0 Å². The fourth-order valence-electron chi connectivity index (χ4n) is 3.36. The number of hydrogen-bond donors (Lipinski definition) is 1. The molecule has 1 unspecified atom stereocenters. The van der Waals surface area contributed by atoms with Gasteiger partial charge in [0.1, 0.15) is 5.76 Å². The largest absolute Gasteiger partial charge is 0.469 e. The third-order valence-electron chi connectivity index (χ3n) is 4.26. The van der Waals surface area contributed by atoms with Crippen LogP contribution in [-0.4, -0.2) is 30.1 Å². The summed E-state index contributed by atoms with van der Waals surface area (Å²) in [5.74, 6) is 1.22. The Hall–Kier alpha value is -0.800. The molecule has 0 aromatic carbocycles. The molecule has 1 saturated heterocycles. The second-order valence-corrected chi connectivity index (χ2v) is 5.89. The van der Waals surface area contributed by atoms with Gasteiger partial charge in [-0.05, 0) is 32.8 Å². The first-order valence-corrected chi connectivity index (χ1v) is 6.72. The van der Waals surface area contributed by atoms with E-state index in [1.807, 2.05) is 6.26 Å². The molecule has 1 aromatic rings. The van der Waals surface area contributed by atoms with Gasteiger partial charge in [0.15, 0.2) is 0 Å². The smallest absolute Gasteiger partial charge is 0.108 e. The normalized spacial score (nSPS) is 28.9. The lowest BCUT2D eigenvalue weighted by Gasteiger charge is -2.48. The Kier molecular flexibility index (Phi) is 2.75. The molecule has 2 aliphatic rings. The van der Waals surface area contributed by atoms with Gasteiger partial charge >= 0.3 is 0 Å².